The Balaban J connectivity index is 3.23. The highest BCUT2D eigenvalue weighted by Crippen LogP contribution is 2.20. The topological polar surface area (TPSA) is 20.2 Å². The molecule has 1 aromatic carbocycles. The Kier molecular flexibility index (Phi) is 2.70. The van der Waals surface area contributed by atoms with Crippen LogP contribution in [0.15, 0.2) is 22.7 Å². The Morgan fingerprint density at radius 1 is 1.55 bits per heavy atom. The van der Waals surface area contributed by atoms with Gasteiger partial charge in [-0.25, -0.2) is 0 Å². The van der Waals surface area contributed by atoms with E-state index in [1.165, 1.54) is 0 Å². The molecule has 11 heavy (non-hydrogen) atoms. The molecule has 1 N–H and O–H groups in total. The molecule has 0 aliphatic rings. The highest BCUT2D eigenvalue weighted by Gasteiger charge is 2.00. The van der Waals surface area contributed by atoms with Crippen LogP contribution in [0.3, 0.4) is 0 Å². The van der Waals surface area contributed by atoms with E-state index in [9.17, 15) is 0 Å². The largest absolute Gasteiger partial charge is 0.392 e. The van der Waals surface area contributed by atoms with Crippen molar-refractivity contribution in [1.82, 2.24) is 0 Å². The molecule has 2 heteroatoms. The third-order valence-electron chi connectivity index (χ3n) is 1.40. The normalized spacial score (nSPS) is 9.18. The number of aliphatic hydroxyl groups is 1. The number of rotatable bonds is 1. The van der Waals surface area contributed by atoms with Gasteiger partial charge in [0, 0.05) is 10.0 Å². The predicted molar refractivity (Wildman–Crippen MR) is 48.0 cm³/mol. The molecule has 0 fully saturated rings. The first-order chi connectivity index (χ1) is 5.29. The van der Waals surface area contributed by atoms with Crippen LogP contribution in [0.1, 0.15) is 11.1 Å². The maximum Gasteiger partial charge on any atom is 0.0693 e. The Bertz CT molecular complexity index is 299. The van der Waals surface area contributed by atoms with Gasteiger partial charge in [0.2, 0.25) is 0 Å². The number of hydrogen-bond donors (Lipinski definition) is 1. The summed E-state index contributed by atoms with van der Waals surface area (Å²) in [5, 5.41) is 8.84. The van der Waals surface area contributed by atoms with Gasteiger partial charge >= 0.3 is 0 Å². The van der Waals surface area contributed by atoms with Gasteiger partial charge in [-0.1, -0.05) is 18.1 Å². The zero-order valence-electron chi connectivity index (χ0n) is 5.84. The number of benzene rings is 1. The van der Waals surface area contributed by atoms with Crippen molar-refractivity contribution in [3.63, 3.8) is 0 Å². The summed E-state index contributed by atoms with van der Waals surface area (Å²) in [6.07, 6.45) is 5.21. The SMILES string of the molecule is C#Cc1cccc(CO)c1Br. The second kappa shape index (κ2) is 3.56. The van der Waals surface area contributed by atoms with Gasteiger partial charge in [0.15, 0.2) is 0 Å². The Labute approximate surface area is 74.2 Å². The van der Waals surface area contributed by atoms with Crippen LogP contribution in [-0.4, -0.2) is 5.11 Å². The standard InChI is InChI=1S/C9H7BrO/c1-2-7-4-3-5-8(6-11)9(7)10/h1,3-5,11H,6H2. The van der Waals surface area contributed by atoms with Crippen molar-refractivity contribution in [3.8, 4) is 12.3 Å². The lowest BCUT2D eigenvalue weighted by molar-refractivity contribution is 0.281. The molecule has 1 rings (SSSR count). The maximum absolute atomic E-state index is 8.84. The van der Waals surface area contributed by atoms with Gasteiger partial charge in [0.25, 0.3) is 0 Å². The van der Waals surface area contributed by atoms with Crippen molar-refractivity contribution in [2.24, 2.45) is 0 Å². The molecule has 0 heterocycles. The molecule has 0 atom stereocenters. The van der Waals surface area contributed by atoms with Gasteiger partial charge in [-0.3, -0.25) is 0 Å². The van der Waals surface area contributed by atoms with E-state index in [0.29, 0.717) is 0 Å². The lowest BCUT2D eigenvalue weighted by Crippen LogP contribution is -1.87. The molecule has 0 aliphatic carbocycles. The van der Waals surface area contributed by atoms with Gasteiger partial charge in [0.05, 0.1) is 6.61 Å². The summed E-state index contributed by atoms with van der Waals surface area (Å²) in [4.78, 5) is 0. The van der Waals surface area contributed by atoms with Crippen molar-refractivity contribution < 1.29 is 5.11 Å². The van der Waals surface area contributed by atoms with Crippen LogP contribution in [0, 0.1) is 12.3 Å². The summed E-state index contributed by atoms with van der Waals surface area (Å²) in [6, 6.07) is 5.47. The van der Waals surface area contributed by atoms with Gasteiger partial charge in [0.1, 0.15) is 0 Å². The Hall–Kier alpha value is -0.780. The van der Waals surface area contributed by atoms with Crippen LogP contribution < -0.4 is 0 Å². The molecule has 0 saturated heterocycles. The molecule has 0 aliphatic heterocycles. The van der Waals surface area contributed by atoms with Crippen molar-refractivity contribution in [1.29, 1.82) is 0 Å². The van der Waals surface area contributed by atoms with E-state index in [4.69, 9.17) is 11.5 Å². The Morgan fingerprint density at radius 3 is 2.82 bits per heavy atom. The average Bonchev–Trinajstić information content (AvgIpc) is 2.05. The van der Waals surface area contributed by atoms with Crippen LogP contribution >= 0.6 is 15.9 Å². The smallest absolute Gasteiger partial charge is 0.0693 e. The third-order valence-corrected chi connectivity index (χ3v) is 2.34. The highest BCUT2D eigenvalue weighted by atomic mass is 79.9. The summed E-state index contributed by atoms with van der Waals surface area (Å²) in [5.74, 6) is 2.51. The predicted octanol–water partition coefficient (Wildman–Crippen LogP) is 1.92. The average molecular weight is 211 g/mol. The molecular formula is C9H7BrO. The van der Waals surface area contributed by atoms with E-state index >= 15 is 0 Å². The fourth-order valence-electron chi connectivity index (χ4n) is 0.813. The van der Waals surface area contributed by atoms with Gasteiger partial charge in [-0.2, -0.15) is 0 Å². The minimum absolute atomic E-state index is 0.0100. The highest BCUT2D eigenvalue weighted by molar-refractivity contribution is 9.10. The first-order valence-corrected chi connectivity index (χ1v) is 3.93. The minimum Gasteiger partial charge on any atom is -0.392 e. The number of terminal acetylenes is 1. The van der Waals surface area contributed by atoms with Gasteiger partial charge in [-0.05, 0) is 27.6 Å². The van der Waals surface area contributed by atoms with E-state index in [0.717, 1.165) is 15.6 Å². The lowest BCUT2D eigenvalue weighted by Gasteiger charge is -2.01. The minimum atomic E-state index is 0.0100. The van der Waals surface area contributed by atoms with Crippen molar-refractivity contribution in [2.45, 2.75) is 6.61 Å². The zero-order chi connectivity index (χ0) is 8.27. The molecule has 0 unspecified atom stereocenters. The molecule has 0 radical (unpaired) electrons. The van der Waals surface area contributed by atoms with E-state index in [1.54, 1.807) is 0 Å². The first-order valence-electron chi connectivity index (χ1n) is 3.14. The second-order valence-corrected chi connectivity index (χ2v) is 2.87. The zero-order valence-corrected chi connectivity index (χ0v) is 7.43. The van der Waals surface area contributed by atoms with Gasteiger partial charge < -0.3 is 5.11 Å². The lowest BCUT2D eigenvalue weighted by atomic mass is 10.1. The maximum atomic E-state index is 8.84. The monoisotopic (exact) mass is 210 g/mol. The fourth-order valence-corrected chi connectivity index (χ4v) is 1.32. The molecule has 1 nitrogen and oxygen atoms in total. The van der Waals surface area contributed by atoms with Crippen molar-refractivity contribution in [3.05, 3.63) is 33.8 Å². The van der Waals surface area contributed by atoms with Crippen LogP contribution in [0.25, 0.3) is 0 Å². The molecular weight excluding hydrogens is 204 g/mol. The summed E-state index contributed by atoms with van der Waals surface area (Å²) in [7, 11) is 0. The molecule has 1 aromatic rings. The van der Waals surface area contributed by atoms with Crippen molar-refractivity contribution >= 4 is 15.9 Å². The number of hydrogen-bond acceptors (Lipinski definition) is 1. The summed E-state index contributed by atoms with van der Waals surface area (Å²) < 4.78 is 0.810. The van der Waals surface area contributed by atoms with Crippen molar-refractivity contribution in [2.75, 3.05) is 0 Å². The van der Waals surface area contributed by atoms with Crippen LogP contribution in [0.4, 0.5) is 0 Å². The number of halogens is 1. The number of aliphatic hydroxyl groups excluding tert-OH is 1. The van der Waals surface area contributed by atoms with E-state index in [-0.39, 0.29) is 6.61 Å². The van der Waals surface area contributed by atoms with E-state index in [1.807, 2.05) is 18.2 Å². The quantitative estimate of drug-likeness (QED) is 0.703. The molecule has 0 spiro atoms. The van der Waals surface area contributed by atoms with Crippen LogP contribution in [-0.2, 0) is 6.61 Å². The molecule has 0 bridgehead atoms. The van der Waals surface area contributed by atoms with Crippen LogP contribution in [0.2, 0.25) is 0 Å². The fraction of sp³-hybridized carbons (Fsp3) is 0.111. The molecule has 56 valence electrons. The first kappa shape index (κ1) is 8.32. The molecule has 0 aromatic heterocycles. The molecule has 0 amide bonds. The van der Waals surface area contributed by atoms with E-state index < -0.39 is 0 Å². The van der Waals surface area contributed by atoms with Crippen LogP contribution in [0.5, 0.6) is 0 Å². The Morgan fingerprint density at radius 2 is 2.27 bits per heavy atom. The second-order valence-electron chi connectivity index (χ2n) is 2.08. The summed E-state index contributed by atoms with van der Waals surface area (Å²) >= 11 is 3.30. The summed E-state index contributed by atoms with van der Waals surface area (Å²) in [6.45, 7) is 0.0100. The third kappa shape index (κ3) is 1.62. The summed E-state index contributed by atoms with van der Waals surface area (Å²) in [5.41, 5.74) is 1.59. The van der Waals surface area contributed by atoms with E-state index in [2.05, 4.69) is 21.9 Å². The molecule has 0 saturated carbocycles. The van der Waals surface area contributed by atoms with Gasteiger partial charge in [-0.15, -0.1) is 6.42 Å².